The van der Waals surface area contributed by atoms with Crippen LogP contribution >= 0.6 is 0 Å². The van der Waals surface area contributed by atoms with Crippen molar-refractivity contribution in [2.24, 2.45) is 0 Å². The van der Waals surface area contributed by atoms with Gasteiger partial charge in [0.25, 0.3) is 0 Å². The molecule has 0 atom stereocenters. The molecule has 1 saturated heterocycles. The van der Waals surface area contributed by atoms with E-state index in [1.165, 1.54) is 0 Å². The summed E-state index contributed by atoms with van der Waals surface area (Å²) < 4.78 is 10.1. The van der Waals surface area contributed by atoms with Gasteiger partial charge in [-0.05, 0) is 27.2 Å². The molecule has 2 heterocycles. The number of aromatic nitrogens is 1. The number of hydrogen-bond donors (Lipinski definition) is 0. The maximum absolute atomic E-state index is 12.3. The molecule has 0 spiro atoms. The first kappa shape index (κ1) is 16.3. The van der Waals surface area contributed by atoms with Crippen molar-refractivity contribution in [2.75, 3.05) is 32.8 Å². The molecular formula is C15H23N3O4. The molecule has 1 aromatic rings. The SMILES string of the molecule is CCOC(=O)N1CCN(C(=O)CCc2c(C)noc2C)CC1. The minimum Gasteiger partial charge on any atom is -0.450 e. The third-order valence-corrected chi connectivity index (χ3v) is 3.93. The largest absolute Gasteiger partial charge is 0.450 e. The normalized spacial score (nSPS) is 15.0. The molecule has 1 aliphatic rings. The Bertz CT molecular complexity index is 513. The van der Waals surface area contributed by atoms with Crippen LogP contribution in [-0.4, -0.2) is 59.7 Å². The van der Waals surface area contributed by atoms with Crippen molar-refractivity contribution < 1.29 is 18.8 Å². The second kappa shape index (κ2) is 7.29. The van der Waals surface area contributed by atoms with Gasteiger partial charge in [0.15, 0.2) is 0 Å². The van der Waals surface area contributed by atoms with Gasteiger partial charge in [0.1, 0.15) is 5.76 Å². The Balaban J connectivity index is 1.79. The van der Waals surface area contributed by atoms with Gasteiger partial charge in [0.2, 0.25) is 5.91 Å². The third-order valence-electron chi connectivity index (χ3n) is 3.93. The molecule has 7 nitrogen and oxygen atoms in total. The average molecular weight is 309 g/mol. The first-order valence-electron chi connectivity index (χ1n) is 7.64. The van der Waals surface area contributed by atoms with Crippen molar-refractivity contribution in [1.82, 2.24) is 15.0 Å². The third kappa shape index (κ3) is 3.78. The van der Waals surface area contributed by atoms with Crippen molar-refractivity contribution in [3.8, 4) is 0 Å². The molecule has 0 bridgehead atoms. The fraction of sp³-hybridized carbons (Fsp3) is 0.667. The second-order valence-electron chi connectivity index (χ2n) is 5.37. The molecule has 22 heavy (non-hydrogen) atoms. The van der Waals surface area contributed by atoms with Crippen LogP contribution in [0.5, 0.6) is 0 Å². The summed E-state index contributed by atoms with van der Waals surface area (Å²) >= 11 is 0. The van der Waals surface area contributed by atoms with Crippen LogP contribution in [0.1, 0.15) is 30.4 Å². The van der Waals surface area contributed by atoms with Crippen molar-refractivity contribution in [1.29, 1.82) is 0 Å². The van der Waals surface area contributed by atoms with E-state index in [-0.39, 0.29) is 12.0 Å². The molecule has 0 unspecified atom stereocenters. The summed E-state index contributed by atoms with van der Waals surface area (Å²) in [6.45, 7) is 8.05. The van der Waals surface area contributed by atoms with Crippen molar-refractivity contribution in [2.45, 2.75) is 33.6 Å². The maximum Gasteiger partial charge on any atom is 0.409 e. The smallest absolute Gasteiger partial charge is 0.409 e. The molecule has 0 N–H and O–H groups in total. The van der Waals surface area contributed by atoms with Crippen LogP contribution < -0.4 is 0 Å². The van der Waals surface area contributed by atoms with Crippen LogP contribution in [0, 0.1) is 13.8 Å². The average Bonchev–Trinajstić information content (AvgIpc) is 2.84. The van der Waals surface area contributed by atoms with Gasteiger partial charge in [0, 0.05) is 38.2 Å². The first-order valence-corrected chi connectivity index (χ1v) is 7.64. The summed E-state index contributed by atoms with van der Waals surface area (Å²) in [5, 5.41) is 3.90. The van der Waals surface area contributed by atoms with E-state index in [4.69, 9.17) is 9.26 Å². The number of nitrogens with zero attached hydrogens (tertiary/aromatic N) is 3. The Labute approximate surface area is 130 Å². The number of ether oxygens (including phenoxy) is 1. The van der Waals surface area contributed by atoms with Gasteiger partial charge in [-0.25, -0.2) is 4.79 Å². The number of amides is 2. The van der Waals surface area contributed by atoms with Crippen molar-refractivity contribution >= 4 is 12.0 Å². The van der Waals surface area contributed by atoms with Crippen molar-refractivity contribution in [3.63, 3.8) is 0 Å². The van der Waals surface area contributed by atoms with E-state index in [2.05, 4.69) is 5.16 Å². The quantitative estimate of drug-likeness (QED) is 0.843. The second-order valence-corrected chi connectivity index (χ2v) is 5.37. The molecule has 0 aromatic carbocycles. The molecule has 0 aliphatic carbocycles. The summed E-state index contributed by atoms with van der Waals surface area (Å²) in [5.41, 5.74) is 1.86. The highest BCUT2D eigenvalue weighted by molar-refractivity contribution is 5.77. The lowest BCUT2D eigenvalue weighted by Crippen LogP contribution is -2.50. The van der Waals surface area contributed by atoms with Crippen LogP contribution in [0.2, 0.25) is 0 Å². The monoisotopic (exact) mass is 309 g/mol. The zero-order chi connectivity index (χ0) is 16.1. The maximum atomic E-state index is 12.3. The Morgan fingerprint density at radius 1 is 1.18 bits per heavy atom. The molecule has 2 amide bonds. The fourth-order valence-corrected chi connectivity index (χ4v) is 2.60. The van der Waals surface area contributed by atoms with E-state index in [0.29, 0.717) is 45.6 Å². The van der Waals surface area contributed by atoms with E-state index < -0.39 is 0 Å². The molecular weight excluding hydrogens is 286 g/mol. The fourth-order valence-electron chi connectivity index (χ4n) is 2.60. The Morgan fingerprint density at radius 2 is 1.82 bits per heavy atom. The lowest BCUT2D eigenvalue weighted by molar-refractivity contribution is -0.132. The highest BCUT2D eigenvalue weighted by Gasteiger charge is 2.24. The number of hydrogen-bond acceptors (Lipinski definition) is 5. The zero-order valence-electron chi connectivity index (χ0n) is 13.4. The summed E-state index contributed by atoms with van der Waals surface area (Å²) in [6, 6.07) is 0. The minimum atomic E-state index is -0.301. The van der Waals surface area contributed by atoms with E-state index in [1.54, 1.807) is 16.7 Å². The summed E-state index contributed by atoms with van der Waals surface area (Å²) in [4.78, 5) is 27.3. The van der Waals surface area contributed by atoms with Crippen LogP contribution in [0.25, 0.3) is 0 Å². The summed E-state index contributed by atoms with van der Waals surface area (Å²) in [7, 11) is 0. The van der Waals surface area contributed by atoms with Gasteiger partial charge < -0.3 is 19.1 Å². The standard InChI is InChI=1S/C15H23N3O4/c1-4-21-15(20)18-9-7-17(8-10-18)14(19)6-5-13-11(2)16-22-12(13)3/h4-10H2,1-3H3. The van der Waals surface area contributed by atoms with Gasteiger partial charge in [0.05, 0.1) is 12.3 Å². The number of piperazine rings is 1. The molecule has 0 saturated carbocycles. The number of aryl methyl sites for hydroxylation is 2. The molecule has 1 aromatic heterocycles. The highest BCUT2D eigenvalue weighted by Crippen LogP contribution is 2.15. The van der Waals surface area contributed by atoms with Gasteiger partial charge in [-0.2, -0.15) is 0 Å². The topological polar surface area (TPSA) is 75.9 Å². The highest BCUT2D eigenvalue weighted by atomic mass is 16.6. The van der Waals surface area contributed by atoms with E-state index in [0.717, 1.165) is 17.0 Å². The van der Waals surface area contributed by atoms with Crippen LogP contribution in [0.4, 0.5) is 4.79 Å². The Kier molecular flexibility index (Phi) is 5.41. The Morgan fingerprint density at radius 3 is 2.36 bits per heavy atom. The van der Waals surface area contributed by atoms with Crippen LogP contribution in [0.3, 0.4) is 0 Å². The Hall–Kier alpha value is -2.05. The lowest BCUT2D eigenvalue weighted by Gasteiger charge is -2.34. The number of rotatable bonds is 4. The van der Waals surface area contributed by atoms with E-state index >= 15 is 0 Å². The van der Waals surface area contributed by atoms with Crippen LogP contribution in [0.15, 0.2) is 4.52 Å². The number of carbonyl (C=O) groups is 2. The minimum absolute atomic E-state index is 0.100. The molecule has 0 radical (unpaired) electrons. The molecule has 122 valence electrons. The van der Waals surface area contributed by atoms with E-state index in [1.807, 2.05) is 13.8 Å². The first-order chi connectivity index (χ1) is 10.5. The van der Waals surface area contributed by atoms with Gasteiger partial charge >= 0.3 is 6.09 Å². The molecule has 1 aliphatic heterocycles. The van der Waals surface area contributed by atoms with Gasteiger partial charge in [-0.3, -0.25) is 4.79 Å². The van der Waals surface area contributed by atoms with E-state index in [9.17, 15) is 9.59 Å². The molecule has 1 fully saturated rings. The summed E-state index contributed by atoms with van der Waals surface area (Å²) in [5.74, 6) is 0.876. The summed E-state index contributed by atoms with van der Waals surface area (Å²) in [6.07, 6.45) is 0.769. The lowest BCUT2D eigenvalue weighted by atomic mass is 10.1. The molecule has 2 rings (SSSR count). The zero-order valence-corrected chi connectivity index (χ0v) is 13.4. The van der Waals surface area contributed by atoms with Crippen LogP contribution in [-0.2, 0) is 16.0 Å². The van der Waals surface area contributed by atoms with Crippen molar-refractivity contribution in [3.05, 3.63) is 17.0 Å². The number of carbonyl (C=O) groups excluding carboxylic acids is 2. The van der Waals surface area contributed by atoms with Gasteiger partial charge in [-0.15, -0.1) is 0 Å². The predicted octanol–water partition coefficient (Wildman–Crippen LogP) is 1.52. The predicted molar refractivity (Wildman–Crippen MR) is 79.5 cm³/mol. The van der Waals surface area contributed by atoms with Gasteiger partial charge in [-0.1, -0.05) is 5.16 Å². The molecule has 7 heteroatoms.